The summed E-state index contributed by atoms with van der Waals surface area (Å²) in [6.07, 6.45) is 3.60. The third kappa shape index (κ3) is 2.89. The van der Waals surface area contributed by atoms with Crippen LogP contribution in [0.4, 0.5) is 0 Å². The number of likely N-dealkylation sites (tertiary alicyclic amines) is 1. The molecule has 1 atom stereocenters. The number of rotatable bonds is 3. The zero-order valence-corrected chi connectivity index (χ0v) is 10.7. The summed E-state index contributed by atoms with van der Waals surface area (Å²) in [6.45, 7) is 3.95. The predicted octanol–water partition coefficient (Wildman–Crippen LogP) is 2.23. The van der Waals surface area contributed by atoms with Crippen LogP contribution in [0.15, 0.2) is 5.38 Å². The molecule has 3 nitrogen and oxygen atoms in total. The van der Waals surface area contributed by atoms with Gasteiger partial charge in [0.05, 0.1) is 5.01 Å². The van der Waals surface area contributed by atoms with Crippen molar-refractivity contribution >= 4 is 17.1 Å². The molecule has 0 radical (unpaired) electrons. The summed E-state index contributed by atoms with van der Waals surface area (Å²) in [6, 6.07) is 0. The van der Waals surface area contributed by atoms with Crippen LogP contribution in [-0.2, 0) is 6.42 Å². The van der Waals surface area contributed by atoms with Crippen LogP contribution in [0.1, 0.15) is 35.3 Å². The van der Waals surface area contributed by atoms with Gasteiger partial charge in [-0.1, -0.05) is 0 Å². The van der Waals surface area contributed by atoms with Crippen LogP contribution in [0, 0.1) is 5.92 Å². The summed E-state index contributed by atoms with van der Waals surface area (Å²) in [4.78, 5) is 17.9. The Morgan fingerprint density at radius 2 is 2.50 bits per heavy atom. The Balaban J connectivity index is 1.95. The van der Waals surface area contributed by atoms with E-state index in [4.69, 9.17) is 0 Å². The predicted molar refractivity (Wildman–Crippen MR) is 66.0 cm³/mol. The van der Waals surface area contributed by atoms with Gasteiger partial charge in [-0.15, -0.1) is 11.3 Å². The van der Waals surface area contributed by atoms with Crippen molar-refractivity contribution in [1.29, 1.82) is 0 Å². The van der Waals surface area contributed by atoms with Gasteiger partial charge in [-0.05, 0) is 32.4 Å². The number of carbonyl (C=O) groups is 1. The van der Waals surface area contributed by atoms with E-state index in [9.17, 15) is 4.79 Å². The maximum absolute atomic E-state index is 11.1. The van der Waals surface area contributed by atoms with E-state index in [1.165, 1.54) is 19.4 Å². The highest BCUT2D eigenvalue weighted by Crippen LogP contribution is 2.21. The van der Waals surface area contributed by atoms with Crippen LogP contribution in [0.25, 0.3) is 0 Å². The zero-order valence-electron chi connectivity index (χ0n) is 9.90. The number of ketones is 1. The number of carbonyl (C=O) groups excluding carboxylic acids is 1. The van der Waals surface area contributed by atoms with Gasteiger partial charge in [0.25, 0.3) is 0 Å². The number of piperidine rings is 1. The fourth-order valence-corrected chi connectivity index (χ4v) is 3.20. The quantitative estimate of drug-likeness (QED) is 0.757. The normalized spacial score (nSPS) is 22.2. The van der Waals surface area contributed by atoms with Gasteiger partial charge in [-0.25, -0.2) is 4.98 Å². The molecule has 1 fully saturated rings. The van der Waals surface area contributed by atoms with Crippen LogP contribution in [-0.4, -0.2) is 35.8 Å². The molecule has 0 N–H and O–H groups in total. The summed E-state index contributed by atoms with van der Waals surface area (Å²) in [7, 11) is 2.18. The van der Waals surface area contributed by atoms with E-state index in [2.05, 4.69) is 16.9 Å². The van der Waals surface area contributed by atoms with E-state index < -0.39 is 0 Å². The van der Waals surface area contributed by atoms with E-state index in [0.29, 0.717) is 11.6 Å². The van der Waals surface area contributed by atoms with Gasteiger partial charge in [0, 0.05) is 25.3 Å². The lowest BCUT2D eigenvalue weighted by atomic mass is 9.95. The van der Waals surface area contributed by atoms with E-state index >= 15 is 0 Å². The Bertz CT molecular complexity index is 375. The maximum Gasteiger partial charge on any atom is 0.178 e. The second kappa shape index (κ2) is 5.06. The minimum Gasteiger partial charge on any atom is -0.306 e. The van der Waals surface area contributed by atoms with E-state index in [1.807, 2.05) is 5.38 Å². The average Bonchev–Trinajstić information content (AvgIpc) is 2.66. The first-order valence-corrected chi connectivity index (χ1v) is 6.67. The Morgan fingerprint density at radius 1 is 1.69 bits per heavy atom. The molecule has 0 aliphatic carbocycles. The first kappa shape index (κ1) is 11.7. The Hall–Kier alpha value is -0.740. The highest BCUT2D eigenvalue weighted by Gasteiger charge is 2.19. The molecule has 16 heavy (non-hydrogen) atoms. The summed E-state index contributed by atoms with van der Waals surface area (Å²) in [5.41, 5.74) is 0.629. The lowest BCUT2D eigenvalue weighted by Gasteiger charge is -2.29. The number of thiazole rings is 1. The summed E-state index contributed by atoms with van der Waals surface area (Å²) in [5, 5.41) is 3.00. The topological polar surface area (TPSA) is 33.2 Å². The molecule has 0 bridgehead atoms. The molecule has 0 spiro atoms. The molecule has 0 amide bonds. The molecule has 0 saturated carbocycles. The number of nitrogens with zero attached hydrogens (tertiary/aromatic N) is 2. The SMILES string of the molecule is CC(=O)c1csc(CC2CCCN(C)C2)n1. The highest BCUT2D eigenvalue weighted by atomic mass is 32.1. The van der Waals surface area contributed by atoms with Crippen LogP contribution in [0.2, 0.25) is 0 Å². The van der Waals surface area contributed by atoms with Gasteiger partial charge in [0.1, 0.15) is 5.69 Å². The minimum absolute atomic E-state index is 0.0725. The van der Waals surface area contributed by atoms with Crippen molar-refractivity contribution in [2.75, 3.05) is 20.1 Å². The molecular weight excluding hydrogens is 220 g/mol. The largest absolute Gasteiger partial charge is 0.306 e. The lowest BCUT2D eigenvalue weighted by molar-refractivity contribution is 0.101. The minimum atomic E-state index is 0.0725. The average molecular weight is 238 g/mol. The Kier molecular flexibility index (Phi) is 3.71. The molecule has 1 aliphatic rings. The summed E-state index contributed by atoms with van der Waals surface area (Å²) >= 11 is 1.62. The molecule has 88 valence electrons. The number of hydrogen-bond acceptors (Lipinski definition) is 4. The molecular formula is C12H18N2OS. The molecule has 2 heterocycles. The van der Waals surface area contributed by atoms with E-state index in [-0.39, 0.29) is 5.78 Å². The molecule has 4 heteroatoms. The third-order valence-corrected chi connectivity index (χ3v) is 3.97. The molecule has 1 aromatic rings. The molecule has 0 aromatic carbocycles. The van der Waals surface area contributed by atoms with Crippen molar-refractivity contribution in [3.8, 4) is 0 Å². The molecule has 1 unspecified atom stereocenters. The first-order valence-electron chi connectivity index (χ1n) is 5.79. The smallest absolute Gasteiger partial charge is 0.178 e. The highest BCUT2D eigenvalue weighted by molar-refractivity contribution is 7.09. The molecule has 2 rings (SSSR count). The number of aromatic nitrogens is 1. The van der Waals surface area contributed by atoms with Crippen LogP contribution < -0.4 is 0 Å². The summed E-state index contributed by atoms with van der Waals surface area (Å²) in [5.74, 6) is 0.785. The van der Waals surface area contributed by atoms with Crippen molar-refractivity contribution in [3.05, 3.63) is 16.1 Å². The fourth-order valence-electron chi connectivity index (χ4n) is 2.25. The number of hydrogen-bond donors (Lipinski definition) is 0. The molecule has 1 aliphatic heterocycles. The van der Waals surface area contributed by atoms with E-state index in [0.717, 1.165) is 18.0 Å². The standard InChI is InChI=1S/C12H18N2OS/c1-9(15)11-8-16-12(13-11)6-10-4-3-5-14(2)7-10/h8,10H,3-7H2,1-2H3. The zero-order chi connectivity index (χ0) is 11.5. The molecule has 1 saturated heterocycles. The van der Waals surface area contributed by atoms with Crippen molar-refractivity contribution in [2.24, 2.45) is 5.92 Å². The second-order valence-corrected chi connectivity index (χ2v) is 5.60. The Morgan fingerprint density at radius 3 is 3.12 bits per heavy atom. The van der Waals surface area contributed by atoms with Gasteiger partial charge >= 0.3 is 0 Å². The monoisotopic (exact) mass is 238 g/mol. The second-order valence-electron chi connectivity index (χ2n) is 4.66. The van der Waals surface area contributed by atoms with Crippen molar-refractivity contribution in [1.82, 2.24) is 9.88 Å². The van der Waals surface area contributed by atoms with Gasteiger partial charge in [0.2, 0.25) is 0 Å². The van der Waals surface area contributed by atoms with Gasteiger partial charge in [0.15, 0.2) is 5.78 Å². The van der Waals surface area contributed by atoms with Crippen molar-refractivity contribution in [3.63, 3.8) is 0 Å². The van der Waals surface area contributed by atoms with E-state index in [1.54, 1.807) is 18.3 Å². The molecule has 1 aromatic heterocycles. The first-order chi connectivity index (χ1) is 7.65. The number of Topliss-reactive ketones (excluding diaryl/α,β-unsaturated/α-hetero) is 1. The van der Waals surface area contributed by atoms with Crippen LogP contribution in [0.3, 0.4) is 0 Å². The van der Waals surface area contributed by atoms with Gasteiger partial charge in [-0.3, -0.25) is 4.79 Å². The van der Waals surface area contributed by atoms with Crippen molar-refractivity contribution < 1.29 is 4.79 Å². The van der Waals surface area contributed by atoms with Gasteiger partial charge < -0.3 is 4.90 Å². The van der Waals surface area contributed by atoms with Gasteiger partial charge in [-0.2, -0.15) is 0 Å². The third-order valence-electron chi connectivity index (χ3n) is 3.10. The van der Waals surface area contributed by atoms with Crippen molar-refractivity contribution in [2.45, 2.75) is 26.2 Å². The maximum atomic E-state index is 11.1. The summed E-state index contributed by atoms with van der Waals surface area (Å²) < 4.78 is 0. The van der Waals surface area contributed by atoms with Crippen LogP contribution >= 0.6 is 11.3 Å². The lowest BCUT2D eigenvalue weighted by Crippen LogP contribution is -2.32. The Labute approximate surface area is 100 Å². The van der Waals surface area contributed by atoms with Crippen LogP contribution in [0.5, 0.6) is 0 Å². The fraction of sp³-hybridized carbons (Fsp3) is 0.667.